The Hall–Kier alpha value is -3.72. The van der Waals surface area contributed by atoms with Gasteiger partial charge in [-0.1, -0.05) is 36.4 Å². The van der Waals surface area contributed by atoms with Crippen molar-refractivity contribution in [1.82, 2.24) is 4.98 Å². The second kappa shape index (κ2) is 8.80. The number of ether oxygens (including phenoxy) is 1. The minimum absolute atomic E-state index is 0.00752. The van der Waals surface area contributed by atoms with Crippen molar-refractivity contribution < 1.29 is 27.1 Å². The van der Waals surface area contributed by atoms with Crippen molar-refractivity contribution in [2.45, 2.75) is 6.36 Å². The molecule has 0 aliphatic rings. The Morgan fingerprint density at radius 2 is 1.66 bits per heavy atom. The number of amides is 1. The molecule has 32 heavy (non-hydrogen) atoms. The summed E-state index contributed by atoms with van der Waals surface area (Å²) in [7, 11) is 0. The van der Waals surface area contributed by atoms with Gasteiger partial charge in [-0.3, -0.25) is 4.79 Å². The number of halogens is 4. The molecule has 0 saturated heterocycles. The summed E-state index contributed by atoms with van der Waals surface area (Å²) in [4.78, 5) is 17.2. The number of hydrogen-bond donors (Lipinski definition) is 1. The van der Waals surface area contributed by atoms with Gasteiger partial charge < -0.3 is 10.1 Å². The monoisotopic (exact) mass is 458 g/mol. The van der Waals surface area contributed by atoms with Gasteiger partial charge in [0.1, 0.15) is 16.6 Å². The first kappa shape index (κ1) is 21.5. The van der Waals surface area contributed by atoms with Crippen molar-refractivity contribution in [2.24, 2.45) is 0 Å². The first-order valence-corrected chi connectivity index (χ1v) is 10.1. The molecule has 0 spiro atoms. The number of nitrogens with zero attached hydrogens (tertiary/aromatic N) is 1. The summed E-state index contributed by atoms with van der Waals surface area (Å²) >= 11 is 1.26. The summed E-state index contributed by atoms with van der Waals surface area (Å²) in [6, 6.07) is 17.9. The van der Waals surface area contributed by atoms with Gasteiger partial charge in [0, 0.05) is 22.1 Å². The van der Waals surface area contributed by atoms with E-state index in [1.165, 1.54) is 29.5 Å². The van der Waals surface area contributed by atoms with Crippen LogP contribution in [0.2, 0.25) is 0 Å². The van der Waals surface area contributed by atoms with E-state index in [-0.39, 0.29) is 5.56 Å². The number of alkyl halides is 3. The second-order valence-electron chi connectivity index (χ2n) is 6.59. The van der Waals surface area contributed by atoms with Crippen LogP contribution in [0.3, 0.4) is 0 Å². The number of benzene rings is 3. The lowest BCUT2D eigenvalue weighted by Crippen LogP contribution is -2.18. The van der Waals surface area contributed by atoms with Gasteiger partial charge in [-0.15, -0.1) is 24.5 Å². The molecule has 0 aliphatic heterocycles. The van der Waals surface area contributed by atoms with Gasteiger partial charge in [0.05, 0.1) is 11.4 Å². The van der Waals surface area contributed by atoms with Crippen LogP contribution in [0.15, 0.2) is 78.2 Å². The Bertz CT molecular complexity index is 1270. The molecular formula is C23H14F4N2O2S. The molecule has 3 aromatic carbocycles. The van der Waals surface area contributed by atoms with Crippen molar-refractivity contribution >= 4 is 22.9 Å². The molecule has 9 heteroatoms. The number of anilines is 1. The van der Waals surface area contributed by atoms with Crippen LogP contribution in [0, 0.1) is 5.82 Å². The largest absolute Gasteiger partial charge is 0.573 e. The van der Waals surface area contributed by atoms with Gasteiger partial charge in [0.2, 0.25) is 0 Å². The van der Waals surface area contributed by atoms with Crippen molar-refractivity contribution in [2.75, 3.05) is 5.32 Å². The summed E-state index contributed by atoms with van der Waals surface area (Å²) < 4.78 is 55.3. The number of aromatic nitrogens is 1. The molecule has 4 rings (SSSR count). The second-order valence-corrected chi connectivity index (χ2v) is 7.45. The molecule has 1 heterocycles. The van der Waals surface area contributed by atoms with Crippen LogP contribution in [0.25, 0.3) is 21.8 Å². The Labute approximate surface area is 184 Å². The van der Waals surface area contributed by atoms with Gasteiger partial charge in [-0.05, 0) is 36.4 Å². The lowest BCUT2D eigenvalue weighted by Gasteiger charge is -2.12. The van der Waals surface area contributed by atoms with Crippen LogP contribution in [0.4, 0.5) is 23.2 Å². The molecule has 162 valence electrons. The van der Waals surface area contributed by atoms with Crippen LogP contribution in [-0.2, 0) is 0 Å². The highest BCUT2D eigenvalue weighted by atomic mass is 32.1. The molecular weight excluding hydrogens is 444 g/mol. The lowest BCUT2D eigenvalue weighted by atomic mass is 10.1. The van der Waals surface area contributed by atoms with E-state index in [4.69, 9.17) is 0 Å². The Balaban J connectivity index is 1.60. The highest BCUT2D eigenvalue weighted by Gasteiger charge is 2.31. The van der Waals surface area contributed by atoms with Gasteiger partial charge in [-0.2, -0.15) is 0 Å². The quantitative estimate of drug-likeness (QED) is 0.336. The van der Waals surface area contributed by atoms with E-state index < -0.39 is 23.8 Å². The summed E-state index contributed by atoms with van der Waals surface area (Å²) in [5, 5.41) is 4.91. The molecule has 0 aliphatic carbocycles. The van der Waals surface area contributed by atoms with Crippen molar-refractivity contribution in [3.63, 3.8) is 0 Å². The maximum Gasteiger partial charge on any atom is 0.573 e. The molecule has 1 amide bonds. The highest BCUT2D eigenvalue weighted by molar-refractivity contribution is 7.13. The SMILES string of the molecule is O=C(Nc1ccccc1-c1csc(-c2ccccc2F)n1)c1cccc(OC(F)(F)F)c1. The van der Waals surface area contributed by atoms with E-state index in [0.29, 0.717) is 27.5 Å². The summed E-state index contributed by atoms with van der Waals surface area (Å²) in [5.74, 6) is -1.50. The summed E-state index contributed by atoms with van der Waals surface area (Å²) in [5.41, 5.74) is 1.88. The zero-order valence-corrected chi connectivity index (χ0v) is 17.0. The van der Waals surface area contributed by atoms with E-state index in [0.717, 1.165) is 12.1 Å². The first-order valence-electron chi connectivity index (χ1n) is 9.27. The number of thiazole rings is 1. The van der Waals surface area contributed by atoms with Crippen molar-refractivity contribution in [1.29, 1.82) is 0 Å². The predicted molar refractivity (Wildman–Crippen MR) is 114 cm³/mol. The van der Waals surface area contributed by atoms with Gasteiger partial charge >= 0.3 is 6.36 Å². The Morgan fingerprint density at radius 1 is 0.938 bits per heavy atom. The molecule has 1 N–H and O–H groups in total. The smallest absolute Gasteiger partial charge is 0.406 e. The average molecular weight is 458 g/mol. The molecule has 4 nitrogen and oxygen atoms in total. The van der Waals surface area contributed by atoms with Crippen LogP contribution in [0.1, 0.15) is 10.4 Å². The molecule has 0 fully saturated rings. The lowest BCUT2D eigenvalue weighted by molar-refractivity contribution is -0.274. The zero-order chi connectivity index (χ0) is 22.7. The number of nitrogens with one attached hydrogen (secondary N) is 1. The summed E-state index contributed by atoms with van der Waals surface area (Å²) in [6.07, 6.45) is -4.86. The number of carbonyl (C=O) groups excluding carboxylic acids is 1. The van der Waals surface area contributed by atoms with E-state index in [1.54, 1.807) is 47.8 Å². The molecule has 4 aromatic rings. The molecule has 0 unspecified atom stereocenters. The van der Waals surface area contributed by atoms with E-state index >= 15 is 0 Å². The van der Waals surface area contributed by atoms with Crippen molar-refractivity contribution in [3.05, 3.63) is 89.6 Å². The van der Waals surface area contributed by atoms with Gasteiger partial charge in [0.15, 0.2) is 0 Å². The molecule has 0 bridgehead atoms. The minimum Gasteiger partial charge on any atom is -0.406 e. The average Bonchev–Trinajstić information content (AvgIpc) is 3.23. The first-order chi connectivity index (χ1) is 15.3. The molecule has 1 aromatic heterocycles. The van der Waals surface area contributed by atoms with Gasteiger partial charge in [0.25, 0.3) is 5.91 Å². The van der Waals surface area contributed by atoms with E-state index in [9.17, 15) is 22.4 Å². The number of carbonyl (C=O) groups is 1. The third-order valence-corrected chi connectivity index (χ3v) is 5.27. The zero-order valence-electron chi connectivity index (χ0n) is 16.2. The number of rotatable bonds is 5. The van der Waals surface area contributed by atoms with Crippen molar-refractivity contribution in [3.8, 4) is 27.6 Å². The van der Waals surface area contributed by atoms with Crippen LogP contribution >= 0.6 is 11.3 Å². The van der Waals surface area contributed by atoms with E-state index in [2.05, 4.69) is 15.0 Å². The highest BCUT2D eigenvalue weighted by Crippen LogP contribution is 2.34. The molecule has 0 saturated carbocycles. The predicted octanol–water partition coefficient (Wildman–Crippen LogP) is 6.77. The molecule has 0 radical (unpaired) electrons. The maximum atomic E-state index is 14.1. The standard InChI is InChI=1S/C23H14F4N2O2S/c24-18-10-3-1-8-16(18)22-29-20(13-32-22)17-9-2-4-11-19(17)28-21(30)14-6-5-7-15(12-14)31-23(25,26)27/h1-13H,(H,28,30). The number of para-hydroxylation sites is 1. The van der Waals surface area contributed by atoms with Crippen LogP contribution < -0.4 is 10.1 Å². The topological polar surface area (TPSA) is 51.2 Å². The number of hydrogen-bond acceptors (Lipinski definition) is 4. The fourth-order valence-corrected chi connectivity index (χ4v) is 3.85. The van der Waals surface area contributed by atoms with Gasteiger partial charge in [-0.25, -0.2) is 9.37 Å². The maximum absolute atomic E-state index is 14.1. The fourth-order valence-electron chi connectivity index (χ4n) is 3.00. The van der Waals surface area contributed by atoms with Crippen LogP contribution in [0.5, 0.6) is 5.75 Å². The summed E-state index contributed by atoms with van der Waals surface area (Å²) in [6.45, 7) is 0. The third-order valence-electron chi connectivity index (χ3n) is 4.39. The van der Waals surface area contributed by atoms with E-state index in [1.807, 2.05) is 0 Å². The normalized spacial score (nSPS) is 11.2. The molecule has 0 atom stereocenters. The fraction of sp³-hybridized carbons (Fsp3) is 0.0435. The Kier molecular flexibility index (Phi) is 5.91. The van der Waals surface area contributed by atoms with Crippen LogP contribution in [-0.4, -0.2) is 17.3 Å². The minimum atomic E-state index is -4.86. The third kappa shape index (κ3) is 4.94. The Morgan fingerprint density at radius 3 is 2.41 bits per heavy atom.